The number of pyridine rings is 1. The quantitative estimate of drug-likeness (QED) is 0.838. The first kappa shape index (κ1) is 15.3. The Labute approximate surface area is 130 Å². The van der Waals surface area contributed by atoms with Gasteiger partial charge in [0, 0.05) is 16.7 Å². The highest BCUT2D eigenvalue weighted by atomic mass is 79.9. The summed E-state index contributed by atoms with van der Waals surface area (Å²) in [7, 11) is 0. The zero-order chi connectivity index (χ0) is 14.7. The number of hydrogen-bond donors (Lipinski definition) is 1. The highest BCUT2D eigenvalue weighted by molar-refractivity contribution is 9.10. The summed E-state index contributed by atoms with van der Waals surface area (Å²) in [6, 6.07) is 1.66. The minimum absolute atomic E-state index is 0.0463. The Morgan fingerprint density at radius 3 is 2.70 bits per heavy atom. The smallest absolute Gasteiger partial charge is 0.257 e. The van der Waals surface area contributed by atoms with Gasteiger partial charge in [-0.2, -0.15) is 0 Å². The van der Waals surface area contributed by atoms with E-state index in [1.807, 2.05) is 0 Å². The molecule has 7 heteroatoms. The van der Waals surface area contributed by atoms with Gasteiger partial charge in [-0.15, -0.1) is 0 Å². The lowest BCUT2D eigenvalue weighted by Gasteiger charge is -2.28. The third-order valence-electron chi connectivity index (χ3n) is 3.39. The van der Waals surface area contributed by atoms with Gasteiger partial charge in [0.1, 0.15) is 5.15 Å². The number of rotatable bonds is 4. The van der Waals surface area contributed by atoms with Crippen molar-refractivity contribution in [2.24, 2.45) is 5.73 Å². The van der Waals surface area contributed by atoms with Crippen LogP contribution in [0.1, 0.15) is 36.0 Å². The number of carbonyl (C=O) groups excluding carboxylic acids is 2. The summed E-state index contributed by atoms with van der Waals surface area (Å²) < 4.78 is 0.663. The first-order valence-corrected chi connectivity index (χ1v) is 7.56. The fraction of sp³-hybridized carbons (Fsp3) is 0.462. The largest absolute Gasteiger partial charge is 0.368 e. The van der Waals surface area contributed by atoms with Crippen molar-refractivity contribution >= 4 is 39.3 Å². The van der Waals surface area contributed by atoms with Gasteiger partial charge in [0.05, 0.1) is 12.1 Å². The highest BCUT2D eigenvalue weighted by Gasteiger charge is 2.29. The summed E-state index contributed by atoms with van der Waals surface area (Å²) >= 11 is 9.25. The van der Waals surface area contributed by atoms with Crippen LogP contribution in [0.25, 0.3) is 0 Å². The van der Waals surface area contributed by atoms with Crippen LogP contribution in [-0.4, -0.2) is 34.3 Å². The Balaban J connectivity index is 2.29. The summed E-state index contributed by atoms with van der Waals surface area (Å²) in [6.07, 6.45) is 5.40. The van der Waals surface area contributed by atoms with Crippen molar-refractivity contribution in [1.29, 1.82) is 0 Å². The summed E-state index contributed by atoms with van der Waals surface area (Å²) in [4.78, 5) is 29.3. The molecule has 1 saturated carbocycles. The van der Waals surface area contributed by atoms with Crippen LogP contribution in [-0.2, 0) is 4.79 Å². The zero-order valence-corrected chi connectivity index (χ0v) is 13.2. The standard InChI is InChI=1S/C13H15BrClN3O2/c14-8-5-10(12(15)17-6-8)13(20)18(7-11(16)19)9-3-1-2-4-9/h5-6,9H,1-4,7H2,(H2,16,19). The van der Waals surface area contributed by atoms with E-state index in [1.165, 1.54) is 11.1 Å². The van der Waals surface area contributed by atoms with Crippen molar-refractivity contribution in [2.75, 3.05) is 6.54 Å². The maximum absolute atomic E-state index is 12.6. The second-order valence-corrected chi connectivity index (χ2v) is 6.10. The van der Waals surface area contributed by atoms with Crippen molar-refractivity contribution in [2.45, 2.75) is 31.7 Å². The molecular formula is C13H15BrClN3O2. The van der Waals surface area contributed by atoms with E-state index >= 15 is 0 Å². The lowest BCUT2D eigenvalue weighted by molar-refractivity contribution is -0.119. The lowest BCUT2D eigenvalue weighted by atomic mass is 10.1. The van der Waals surface area contributed by atoms with Gasteiger partial charge in [-0.3, -0.25) is 9.59 Å². The van der Waals surface area contributed by atoms with Gasteiger partial charge in [-0.05, 0) is 34.8 Å². The molecule has 0 aliphatic heterocycles. The lowest BCUT2D eigenvalue weighted by Crippen LogP contribution is -2.44. The normalized spacial score (nSPS) is 15.3. The number of nitrogens with zero attached hydrogens (tertiary/aromatic N) is 2. The van der Waals surface area contributed by atoms with Crippen LogP contribution in [0.15, 0.2) is 16.7 Å². The molecule has 1 aromatic rings. The van der Waals surface area contributed by atoms with Gasteiger partial charge < -0.3 is 10.6 Å². The molecule has 1 aliphatic carbocycles. The number of amides is 2. The molecule has 1 heterocycles. The molecular weight excluding hydrogens is 346 g/mol. The molecule has 0 aromatic carbocycles. The summed E-state index contributed by atoms with van der Waals surface area (Å²) in [5.41, 5.74) is 5.54. The number of aromatic nitrogens is 1. The fourth-order valence-corrected chi connectivity index (χ4v) is 2.99. The van der Waals surface area contributed by atoms with Crippen LogP contribution < -0.4 is 5.73 Å². The minimum atomic E-state index is -0.524. The Kier molecular flexibility index (Phi) is 4.99. The van der Waals surface area contributed by atoms with Gasteiger partial charge in [0.2, 0.25) is 5.91 Å². The van der Waals surface area contributed by atoms with Crippen LogP contribution >= 0.6 is 27.5 Å². The molecule has 0 saturated heterocycles. The molecule has 1 aromatic heterocycles. The van der Waals surface area contributed by atoms with Gasteiger partial charge in [-0.25, -0.2) is 4.98 Å². The third-order valence-corrected chi connectivity index (χ3v) is 4.12. The van der Waals surface area contributed by atoms with E-state index in [9.17, 15) is 9.59 Å². The number of halogens is 2. The summed E-state index contributed by atoms with van der Waals surface area (Å²) in [6.45, 7) is -0.0909. The maximum atomic E-state index is 12.6. The van der Waals surface area contributed by atoms with Gasteiger partial charge >= 0.3 is 0 Å². The van der Waals surface area contributed by atoms with Crippen LogP contribution in [0.4, 0.5) is 0 Å². The first-order chi connectivity index (χ1) is 9.49. The number of nitrogens with two attached hydrogens (primary N) is 1. The van der Waals surface area contributed by atoms with E-state index in [0.717, 1.165) is 25.7 Å². The molecule has 5 nitrogen and oxygen atoms in total. The maximum Gasteiger partial charge on any atom is 0.257 e. The molecule has 2 rings (SSSR count). The van der Waals surface area contributed by atoms with E-state index in [4.69, 9.17) is 17.3 Å². The third kappa shape index (κ3) is 3.49. The van der Waals surface area contributed by atoms with Gasteiger partial charge in [0.25, 0.3) is 5.91 Å². The van der Waals surface area contributed by atoms with E-state index in [-0.39, 0.29) is 29.2 Å². The Hall–Kier alpha value is -1.14. The SMILES string of the molecule is NC(=O)CN(C(=O)c1cc(Br)cnc1Cl)C1CCCC1. The molecule has 2 N–H and O–H groups in total. The Morgan fingerprint density at radius 1 is 1.45 bits per heavy atom. The molecule has 1 fully saturated rings. The molecule has 20 heavy (non-hydrogen) atoms. The first-order valence-electron chi connectivity index (χ1n) is 6.39. The average molecular weight is 361 g/mol. The summed E-state index contributed by atoms with van der Waals surface area (Å²) in [5.74, 6) is -0.821. The predicted octanol–water partition coefficient (Wildman–Crippen LogP) is 2.37. The van der Waals surface area contributed by atoms with Crippen molar-refractivity contribution in [3.8, 4) is 0 Å². The van der Waals surface area contributed by atoms with Crippen LogP contribution in [0.3, 0.4) is 0 Å². The summed E-state index contributed by atoms with van der Waals surface area (Å²) in [5, 5.41) is 0.130. The van der Waals surface area contributed by atoms with E-state index in [2.05, 4.69) is 20.9 Å². The number of primary amides is 1. The van der Waals surface area contributed by atoms with Crippen LogP contribution in [0, 0.1) is 0 Å². The molecule has 0 spiro atoms. The fourth-order valence-electron chi connectivity index (χ4n) is 2.48. The second-order valence-electron chi connectivity index (χ2n) is 4.83. The topological polar surface area (TPSA) is 76.3 Å². The van der Waals surface area contributed by atoms with Gasteiger partial charge in [0.15, 0.2) is 0 Å². The van der Waals surface area contributed by atoms with Crippen LogP contribution in [0.2, 0.25) is 5.15 Å². The minimum Gasteiger partial charge on any atom is -0.368 e. The molecule has 0 unspecified atom stereocenters. The predicted molar refractivity (Wildman–Crippen MR) is 79.4 cm³/mol. The zero-order valence-electron chi connectivity index (χ0n) is 10.8. The molecule has 2 amide bonds. The molecule has 0 atom stereocenters. The molecule has 0 bridgehead atoms. The average Bonchev–Trinajstić information content (AvgIpc) is 2.91. The van der Waals surface area contributed by atoms with Crippen molar-refractivity contribution in [3.63, 3.8) is 0 Å². The van der Waals surface area contributed by atoms with Crippen molar-refractivity contribution in [3.05, 3.63) is 27.5 Å². The molecule has 108 valence electrons. The van der Waals surface area contributed by atoms with E-state index in [1.54, 1.807) is 6.07 Å². The Morgan fingerprint density at radius 2 is 2.10 bits per heavy atom. The Bertz CT molecular complexity index is 532. The highest BCUT2D eigenvalue weighted by Crippen LogP contribution is 2.27. The van der Waals surface area contributed by atoms with E-state index in [0.29, 0.717) is 4.47 Å². The van der Waals surface area contributed by atoms with Crippen molar-refractivity contribution < 1.29 is 9.59 Å². The second kappa shape index (κ2) is 6.54. The van der Waals surface area contributed by atoms with Crippen LogP contribution in [0.5, 0.6) is 0 Å². The number of carbonyl (C=O) groups is 2. The van der Waals surface area contributed by atoms with E-state index < -0.39 is 5.91 Å². The number of hydrogen-bond acceptors (Lipinski definition) is 3. The monoisotopic (exact) mass is 359 g/mol. The molecule has 1 aliphatic rings. The van der Waals surface area contributed by atoms with Crippen molar-refractivity contribution in [1.82, 2.24) is 9.88 Å². The molecule has 0 radical (unpaired) electrons. The van der Waals surface area contributed by atoms with Gasteiger partial charge in [-0.1, -0.05) is 24.4 Å².